The van der Waals surface area contributed by atoms with E-state index in [1.807, 2.05) is 34.6 Å². The van der Waals surface area contributed by atoms with Gasteiger partial charge in [-0.3, -0.25) is 4.79 Å². The van der Waals surface area contributed by atoms with Crippen molar-refractivity contribution in [2.24, 2.45) is 5.41 Å². The third-order valence-electron chi connectivity index (χ3n) is 4.13. The van der Waals surface area contributed by atoms with Crippen molar-refractivity contribution in [1.29, 1.82) is 0 Å². The summed E-state index contributed by atoms with van der Waals surface area (Å²) in [6, 6.07) is 0.446. The van der Waals surface area contributed by atoms with Crippen molar-refractivity contribution in [1.82, 2.24) is 0 Å². The molecule has 0 saturated heterocycles. The summed E-state index contributed by atoms with van der Waals surface area (Å²) in [5, 5.41) is 0. The van der Waals surface area contributed by atoms with Gasteiger partial charge >= 0.3 is 14.8 Å². The molecular formula is C17H34O5Si. The van der Waals surface area contributed by atoms with Crippen molar-refractivity contribution in [3.63, 3.8) is 0 Å². The minimum atomic E-state index is -2.86. The summed E-state index contributed by atoms with van der Waals surface area (Å²) in [4.78, 5) is 12.7. The van der Waals surface area contributed by atoms with Crippen molar-refractivity contribution in [3.8, 4) is 0 Å². The van der Waals surface area contributed by atoms with E-state index in [0.717, 1.165) is 25.7 Å². The van der Waals surface area contributed by atoms with Crippen molar-refractivity contribution in [3.05, 3.63) is 0 Å². The van der Waals surface area contributed by atoms with Crippen LogP contribution >= 0.6 is 0 Å². The first-order valence-corrected chi connectivity index (χ1v) is 10.9. The monoisotopic (exact) mass is 346 g/mol. The zero-order chi connectivity index (χ0) is 17.3. The standard InChI is InChI=1S/C17H34O5Si/c1-6-19-23(20-7-2,21-8-3)14-17(4,5)16(18)22-15-12-10-9-11-13-15/h15H,6-14H2,1-5H3. The molecule has 136 valence electrons. The van der Waals surface area contributed by atoms with Gasteiger partial charge < -0.3 is 18.0 Å². The van der Waals surface area contributed by atoms with Crippen molar-refractivity contribution in [2.75, 3.05) is 19.8 Å². The Morgan fingerprint density at radius 2 is 1.43 bits per heavy atom. The highest BCUT2D eigenvalue weighted by Gasteiger charge is 2.49. The molecule has 0 radical (unpaired) electrons. The molecule has 6 heteroatoms. The fourth-order valence-corrected chi connectivity index (χ4v) is 6.15. The SMILES string of the molecule is CCO[Si](CC(C)(C)C(=O)OC1CCCCC1)(OCC)OCC. The fraction of sp³-hybridized carbons (Fsp3) is 0.941. The number of esters is 1. The second-order valence-electron chi connectivity index (χ2n) is 6.71. The van der Waals surface area contributed by atoms with E-state index in [0.29, 0.717) is 25.9 Å². The van der Waals surface area contributed by atoms with E-state index >= 15 is 0 Å². The molecule has 1 rings (SSSR count). The molecule has 0 N–H and O–H groups in total. The third-order valence-corrected chi connectivity index (χ3v) is 7.63. The summed E-state index contributed by atoms with van der Waals surface area (Å²) in [6.07, 6.45) is 5.56. The number of carbonyl (C=O) groups excluding carboxylic acids is 1. The number of hydrogen-bond donors (Lipinski definition) is 0. The molecular weight excluding hydrogens is 312 g/mol. The Balaban J connectivity index is 2.74. The van der Waals surface area contributed by atoms with Gasteiger partial charge in [0.05, 0.1) is 5.41 Å². The lowest BCUT2D eigenvalue weighted by molar-refractivity contribution is -0.160. The molecule has 0 amide bonds. The summed E-state index contributed by atoms with van der Waals surface area (Å²) in [5.41, 5.74) is -0.677. The van der Waals surface area contributed by atoms with Crippen molar-refractivity contribution in [2.45, 2.75) is 78.9 Å². The molecule has 23 heavy (non-hydrogen) atoms. The van der Waals surface area contributed by atoms with Gasteiger partial charge in [0.15, 0.2) is 0 Å². The van der Waals surface area contributed by atoms with E-state index < -0.39 is 14.2 Å². The van der Waals surface area contributed by atoms with Gasteiger partial charge in [-0.1, -0.05) is 6.42 Å². The van der Waals surface area contributed by atoms with Crippen molar-refractivity contribution < 1.29 is 22.8 Å². The van der Waals surface area contributed by atoms with Gasteiger partial charge in [0.25, 0.3) is 0 Å². The summed E-state index contributed by atoms with van der Waals surface area (Å²) < 4.78 is 23.4. The summed E-state index contributed by atoms with van der Waals surface area (Å²) in [6.45, 7) is 11.1. The Morgan fingerprint density at radius 1 is 0.957 bits per heavy atom. The van der Waals surface area contributed by atoms with Gasteiger partial charge in [-0.05, 0) is 60.3 Å². The smallest absolute Gasteiger partial charge is 0.462 e. The number of rotatable bonds is 10. The molecule has 0 aliphatic heterocycles. The molecule has 0 bridgehead atoms. The van der Waals surface area contributed by atoms with E-state index in [2.05, 4.69) is 0 Å². The van der Waals surface area contributed by atoms with E-state index in [-0.39, 0.29) is 12.1 Å². The molecule has 0 unspecified atom stereocenters. The van der Waals surface area contributed by atoms with Gasteiger partial charge in [-0.15, -0.1) is 0 Å². The largest absolute Gasteiger partial charge is 0.502 e. The predicted molar refractivity (Wildman–Crippen MR) is 92.2 cm³/mol. The zero-order valence-corrected chi connectivity index (χ0v) is 16.5. The predicted octanol–water partition coefficient (Wildman–Crippen LogP) is 3.94. The Bertz CT molecular complexity index is 336. The summed E-state index contributed by atoms with van der Waals surface area (Å²) in [5.74, 6) is -0.166. The molecule has 0 spiro atoms. The Labute approximate surface area is 142 Å². The average molecular weight is 347 g/mol. The van der Waals surface area contributed by atoms with Gasteiger partial charge in [-0.2, -0.15) is 0 Å². The molecule has 1 saturated carbocycles. The second-order valence-corrected chi connectivity index (χ2v) is 9.29. The van der Waals surface area contributed by atoms with Crippen LogP contribution < -0.4 is 0 Å². The number of ether oxygens (including phenoxy) is 1. The lowest BCUT2D eigenvalue weighted by Gasteiger charge is -2.35. The van der Waals surface area contributed by atoms with Crippen molar-refractivity contribution >= 4 is 14.8 Å². The van der Waals surface area contributed by atoms with E-state index in [4.69, 9.17) is 18.0 Å². The first kappa shape index (κ1) is 20.6. The number of carbonyl (C=O) groups is 1. The molecule has 5 nitrogen and oxygen atoms in total. The molecule has 0 aromatic rings. The number of hydrogen-bond acceptors (Lipinski definition) is 5. The van der Waals surface area contributed by atoms with Crippen LogP contribution in [0.2, 0.25) is 6.04 Å². The molecule has 1 fully saturated rings. The Hall–Kier alpha value is -0.433. The maximum absolute atomic E-state index is 12.7. The van der Waals surface area contributed by atoms with E-state index in [9.17, 15) is 4.79 Å². The summed E-state index contributed by atoms with van der Waals surface area (Å²) >= 11 is 0. The Morgan fingerprint density at radius 3 is 1.87 bits per heavy atom. The molecule has 0 heterocycles. The molecule has 1 aliphatic carbocycles. The van der Waals surface area contributed by atoms with E-state index in [1.54, 1.807) is 0 Å². The van der Waals surface area contributed by atoms with Crippen LogP contribution in [0.15, 0.2) is 0 Å². The van der Waals surface area contributed by atoms with Crippen LogP contribution in [0, 0.1) is 5.41 Å². The highest BCUT2D eigenvalue weighted by atomic mass is 28.4. The van der Waals surface area contributed by atoms with Gasteiger partial charge in [-0.25, -0.2) is 0 Å². The van der Waals surface area contributed by atoms with Crippen LogP contribution in [0.1, 0.15) is 66.7 Å². The first-order valence-electron chi connectivity index (χ1n) is 9.02. The normalized spacial score (nSPS) is 17.3. The minimum absolute atomic E-state index is 0.0675. The van der Waals surface area contributed by atoms with Crippen LogP contribution in [0.4, 0.5) is 0 Å². The van der Waals surface area contributed by atoms with E-state index in [1.165, 1.54) is 6.42 Å². The minimum Gasteiger partial charge on any atom is -0.462 e. The maximum Gasteiger partial charge on any atom is 0.502 e. The van der Waals surface area contributed by atoms with Crippen LogP contribution in [0.25, 0.3) is 0 Å². The summed E-state index contributed by atoms with van der Waals surface area (Å²) in [7, 11) is -2.86. The van der Waals surface area contributed by atoms with Crippen LogP contribution in [0.3, 0.4) is 0 Å². The third kappa shape index (κ3) is 6.53. The first-order chi connectivity index (χ1) is 10.9. The Kier molecular flexibility index (Phi) is 8.75. The second kappa shape index (κ2) is 9.76. The van der Waals surface area contributed by atoms with Gasteiger partial charge in [0.1, 0.15) is 6.10 Å². The molecule has 1 aliphatic rings. The molecule has 0 atom stereocenters. The lowest BCUT2D eigenvalue weighted by Crippen LogP contribution is -2.51. The fourth-order valence-electron chi connectivity index (χ4n) is 3.05. The topological polar surface area (TPSA) is 54.0 Å². The zero-order valence-electron chi connectivity index (χ0n) is 15.5. The van der Waals surface area contributed by atoms with Crippen LogP contribution in [-0.2, 0) is 22.8 Å². The average Bonchev–Trinajstić information content (AvgIpc) is 2.48. The highest BCUT2D eigenvalue weighted by molar-refractivity contribution is 6.61. The van der Waals surface area contributed by atoms with Crippen LogP contribution in [0.5, 0.6) is 0 Å². The van der Waals surface area contributed by atoms with Crippen LogP contribution in [-0.4, -0.2) is 40.7 Å². The van der Waals surface area contributed by atoms with Gasteiger partial charge in [0.2, 0.25) is 0 Å². The highest BCUT2D eigenvalue weighted by Crippen LogP contribution is 2.33. The lowest BCUT2D eigenvalue weighted by atomic mass is 9.95. The van der Waals surface area contributed by atoms with Gasteiger partial charge in [0, 0.05) is 25.9 Å². The maximum atomic E-state index is 12.7. The molecule has 0 aromatic carbocycles. The molecule has 0 aromatic heterocycles. The quantitative estimate of drug-likeness (QED) is 0.443.